The van der Waals surface area contributed by atoms with Crippen molar-refractivity contribution in [2.45, 2.75) is 97.5 Å². The molecule has 0 spiro atoms. The molecule has 2 unspecified atom stereocenters. The quantitative estimate of drug-likeness (QED) is 0.460. The Balaban J connectivity index is 3.17. The minimum absolute atomic E-state index is 0.117. The van der Waals surface area contributed by atoms with E-state index in [1.165, 1.54) is 64.2 Å². The molecular weight excluding hydrogens is 208 g/mol. The summed E-state index contributed by atoms with van der Waals surface area (Å²) in [5.74, 6) is 0.527. The van der Waals surface area contributed by atoms with Crippen molar-refractivity contribution in [1.29, 1.82) is 0 Å². The third-order valence-electron chi connectivity index (χ3n) is 3.89. The van der Waals surface area contributed by atoms with E-state index in [4.69, 9.17) is 0 Å². The molecule has 0 amide bonds. The van der Waals surface area contributed by atoms with Crippen molar-refractivity contribution in [1.82, 2.24) is 0 Å². The second-order valence-corrected chi connectivity index (χ2v) is 5.53. The molecule has 0 aliphatic rings. The molecule has 0 saturated carbocycles. The van der Waals surface area contributed by atoms with Crippen LogP contribution in [0.25, 0.3) is 0 Å². The van der Waals surface area contributed by atoms with Gasteiger partial charge in [-0.1, -0.05) is 78.1 Å². The molecule has 0 aliphatic carbocycles. The summed E-state index contributed by atoms with van der Waals surface area (Å²) in [7, 11) is 0. The molecular formula is C16H34O. The molecule has 0 bridgehead atoms. The van der Waals surface area contributed by atoms with Gasteiger partial charge in [-0.15, -0.1) is 0 Å². The number of hydrogen-bond donors (Lipinski definition) is 1. The topological polar surface area (TPSA) is 20.2 Å². The van der Waals surface area contributed by atoms with E-state index in [-0.39, 0.29) is 6.10 Å². The van der Waals surface area contributed by atoms with Crippen molar-refractivity contribution in [3.8, 4) is 0 Å². The van der Waals surface area contributed by atoms with Crippen LogP contribution in [0.3, 0.4) is 0 Å². The molecule has 0 aromatic carbocycles. The summed E-state index contributed by atoms with van der Waals surface area (Å²) in [6, 6.07) is 0. The number of hydrogen-bond acceptors (Lipinski definition) is 1. The fraction of sp³-hybridized carbons (Fsp3) is 1.00. The van der Waals surface area contributed by atoms with Crippen LogP contribution in [0, 0.1) is 5.92 Å². The molecule has 0 aromatic rings. The largest absolute Gasteiger partial charge is 0.393 e. The van der Waals surface area contributed by atoms with Crippen molar-refractivity contribution in [2.24, 2.45) is 5.92 Å². The lowest BCUT2D eigenvalue weighted by atomic mass is 9.93. The molecule has 17 heavy (non-hydrogen) atoms. The number of rotatable bonds is 12. The average molecular weight is 242 g/mol. The molecule has 1 nitrogen and oxygen atoms in total. The second kappa shape index (κ2) is 12.4. The SMILES string of the molecule is CCCCCCCCCCCC(CC)C(C)O. The van der Waals surface area contributed by atoms with Crippen LogP contribution < -0.4 is 0 Å². The van der Waals surface area contributed by atoms with Gasteiger partial charge in [0.2, 0.25) is 0 Å². The summed E-state index contributed by atoms with van der Waals surface area (Å²) in [6.07, 6.45) is 14.7. The Bertz CT molecular complexity index is 142. The highest BCUT2D eigenvalue weighted by atomic mass is 16.3. The summed E-state index contributed by atoms with van der Waals surface area (Å²) in [6.45, 7) is 6.39. The fourth-order valence-electron chi connectivity index (χ4n) is 2.50. The zero-order valence-electron chi connectivity index (χ0n) is 12.4. The van der Waals surface area contributed by atoms with Crippen LogP contribution in [0.1, 0.15) is 91.4 Å². The molecule has 104 valence electrons. The summed E-state index contributed by atoms with van der Waals surface area (Å²) >= 11 is 0. The van der Waals surface area contributed by atoms with Crippen LogP contribution in [-0.4, -0.2) is 11.2 Å². The van der Waals surface area contributed by atoms with Crippen molar-refractivity contribution < 1.29 is 5.11 Å². The van der Waals surface area contributed by atoms with Gasteiger partial charge < -0.3 is 5.11 Å². The molecule has 1 heteroatoms. The van der Waals surface area contributed by atoms with E-state index in [0.29, 0.717) is 5.92 Å². The van der Waals surface area contributed by atoms with Crippen LogP contribution in [0.2, 0.25) is 0 Å². The van der Waals surface area contributed by atoms with Gasteiger partial charge in [0.25, 0.3) is 0 Å². The first-order valence-corrected chi connectivity index (χ1v) is 7.90. The van der Waals surface area contributed by atoms with Gasteiger partial charge in [-0.05, 0) is 19.3 Å². The first-order chi connectivity index (χ1) is 8.22. The Morgan fingerprint density at radius 2 is 1.24 bits per heavy atom. The lowest BCUT2D eigenvalue weighted by Gasteiger charge is -2.17. The minimum atomic E-state index is -0.117. The number of aliphatic hydroxyl groups is 1. The predicted octanol–water partition coefficient (Wildman–Crippen LogP) is 5.31. The molecule has 0 radical (unpaired) electrons. The molecule has 0 rings (SSSR count). The summed E-state index contributed by atoms with van der Waals surface area (Å²) in [5.41, 5.74) is 0. The Morgan fingerprint density at radius 3 is 1.65 bits per heavy atom. The Morgan fingerprint density at radius 1 is 0.765 bits per heavy atom. The highest BCUT2D eigenvalue weighted by Gasteiger charge is 2.11. The second-order valence-electron chi connectivity index (χ2n) is 5.53. The maximum Gasteiger partial charge on any atom is 0.0540 e. The molecule has 1 N–H and O–H groups in total. The molecule has 0 aliphatic heterocycles. The number of aliphatic hydroxyl groups excluding tert-OH is 1. The van der Waals surface area contributed by atoms with E-state index in [0.717, 1.165) is 6.42 Å². The van der Waals surface area contributed by atoms with Crippen LogP contribution in [0.4, 0.5) is 0 Å². The first-order valence-electron chi connectivity index (χ1n) is 7.90. The van der Waals surface area contributed by atoms with Crippen molar-refractivity contribution in [2.75, 3.05) is 0 Å². The summed E-state index contributed by atoms with van der Waals surface area (Å²) < 4.78 is 0. The monoisotopic (exact) mass is 242 g/mol. The highest BCUT2D eigenvalue weighted by Crippen LogP contribution is 2.18. The average Bonchev–Trinajstić information content (AvgIpc) is 2.31. The van der Waals surface area contributed by atoms with Crippen LogP contribution in [0.5, 0.6) is 0 Å². The molecule has 0 heterocycles. The van der Waals surface area contributed by atoms with Gasteiger partial charge in [-0.3, -0.25) is 0 Å². The molecule has 2 atom stereocenters. The van der Waals surface area contributed by atoms with E-state index >= 15 is 0 Å². The molecule has 0 saturated heterocycles. The Labute approximate surface area is 109 Å². The van der Waals surface area contributed by atoms with E-state index in [9.17, 15) is 5.11 Å². The van der Waals surface area contributed by atoms with Gasteiger partial charge in [-0.2, -0.15) is 0 Å². The highest BCUT2D eigenvalue weighted by molar-refractivity contribution is 4.63. The van der Waals surface area contributed by atoms with Gasteiger partial charge in [0.05, 0.1) is 6.10 Å². The van der Waals surface area contributed by atoms with Gasteiger partial charge in [0.1, 0.15) is 0 Å². The smallest absolute Gasteiger partial charge is 0.0540 e. The van der Waals surface area contributed by atoms with Gasteiger partial charge in [0.15, 0.2) is 0 Å². The summed E-state index contributed by atoms with van der Waals surface area (Å²) in [5, 5.41) is 9.54. The fourth-order valence-corrected chi connectivity index (χ4v) is 2.50. The first kappa shape index (κ1) is 17.0. The van der Waals surface area contributed by atoms with E-state index < -0.39 is 0 Å². The van der Waals surface area contributed by atoms with Gasteiger partial charge in [-0.25, -0.2) is 0 Å². The minimum Gasteiger partial charge on any atom is -0.393 e. The zero-order chi connectivity index (χ0) is 12.9. The van der Waals surface area contributed by atoms with Gasteiger partial charge in [0, 0.05) is 0 Å². The third-order valence-corrected chi connectivity index (χ3v) is 3.89. The van der Waals surface area contributed by atoms with E-state index in [2.05, 4.69) is 13.8 Å². The van der Waals surface area contributed by atoms with Crippen molar-refractivity contribution in [3.63, 3.8) is 0 Å². The van der Waals surface area contributed by atoms with E-state index in [1.807, 2.05) is 6.92 Å². The summed E-state index contributed by atoms with van der Waals surface area (Å²) in [4.78, 5) is 0. The Hall–Kier alpha value is -0.0400. The lowest BCUT2D eigenvalue weighted by Crippen LogP contribution is -2.15. The van der Waals surface area contributed by atoms with Crippen LogP contribution in [-0.2, 0) is 0 Å². The lowest BCUT2D eigenvalue weighted by molar-refractivity contribution is 0.115. The number of unbranched alkanes of at least 4 members (excludes halogenated alkanes) is 8. The van der Waals surface area contributed by atoms with Gasteiger partial charge >= 0.3 is 0 Å². The van der Waals surface area contributed by atoms with Crippen molar-refractivity contribution in [3.05, 3.63) is 0 Å². The maximum atomic E-state index is 9.54. The van der Waals surface area contributed by atoms with E-state index in [1.54, 1.807) is 0 Å². The third kappa shape index (κ3) is 10.8. The standard InChI is InChI=1S/C16H34O/c1-4-6-7-8-9-10-11-12-13-14-16(5-2)15(3)17/h15-17H,4-14H2,1-3H3. The maximum absolute atomic E-state index is 9.54. The predicted molar refractivity (Wildman–Crippen MR) is 77.3 cm³/mol. The molecule has 0 fully saturated rings. The molecule has 0 aromatic heterocycles. The zero-order valence-corrected chi connectivity index (χ0v) is 12.4. The normalized spacial score (nSPS) is 14.8. The Kier molecular flexibility index (Phi) is 12.4. The van der Waals surface area contributed by atoms with Crippen LogP contribution in [0.15, 0.2) is 0 Å². The van der Waals surface area contributed by atoms with Crippen molar-refractivity contribution >= 4 is 0 Å². The van der Waals surface area contributed by atoms with Crippen LogP contribution >= 0.6 is 0 Å².